The summed E-state index contributed by atoms with van der Waals surface area (Å²) in [5.41, 5.74) is 2.55. The zero-order chi connectivity index (χ0) is 26.7. The summed E-state index contributed by atoms with van der Waals surface area (Å²) in [5.74, 6) is -0.382. The number of anilines is 1. The van der Waals surface area contributed by atoms with Gasteiger partial charge in [0.1, 0.15) is 17.0 Å². The average Bonchev–Trinajstić information content (AvgIpc) is 3.31. The second kappa shape index (κ2) is 10.5. The molecule has 2 N–H and O–H groups in total. The van der Waals surface area contributed by atoms with Gasteiger partial charge in [0, 0.05) is 18.8 Å². The van der Waals surface area contributed by atoms with Crippen molar-refractivity contribution in [3.05, 3.63) is 76.9 Å². The Morgan fingerprint density at radius 1 is 1.11 bits per heavy atom. The molecular weight excluding hydrogens is 470 g/mol. The van der Waals surface area contributed by atoms with E-state index in [0.717, 1.165) is 22.4 Å². The Bertz CT molecular complexity index is 1310. The van der Waals surface area contributed by atoms with Crippen LogP contribution in [0.15, 0.2) is 48.8 Å². The Hall–Kier alpha value is -4.14. The zero-order valence-corrected chi connectivity index (χ0v) is 21.9. The highest BCUT2D eigenvalue weighted by Gasteiger charge is 2.48. The van der Waals surface area contributed by atoms with Crippen LogP contribution >= 0.6 is 0 Å². The second-order valence-corrected chi connectivity index (χ2v) is 9.55. The number of methoxy groups -OCH3 is 1. The minimum atomic E-state index is -1.15. The monoisotopic (exact) mass is 503 g/mol. The van der Waals surface area contributed by atoms with Crippen LogP contribution in [0.1, 0.15) is 57.9 Å². The summed E-state index contributed by atoms with van der Waals surface area (Å²) in [4.78, 5) is 46.3. The van der Waals surface area contributed by atoms with E-state index in [0.29, 0.717) is 25.2 Å². The number of fused-ring (bicyclic) bond motifs is 1. The summed E-state index contributed by atoms with van der Waals surface area (Å²) in [6.07, 6.45) is 2.12. The highest BCUT2D eigenvalue weighted by molar-refractivity contribution is 6.12. The molecule has 0 saturated heterocycles. The molecule has 0 saturated carbocycles. The number of hydrogen-bond donors (Lipinski definition) is 2. The molecule has 1 unspecified atom stereocenters. The Morgan fingerprint density at radius 2 is 1.78 bits per heavy atom. The van der Waals surface area contributed by atoms with Gasteiger partial charge in [-0.3, -0.25) is 14.4 Å². The summed E-state index contributed by atoms with van der Waals surface area (Å²) in [6, 6.07) is 13.2. The average molecular weight is 504 g/mol. The van der Waals surface area contributed by atoms with Gasteiger partial charge in [-0.25, -0.2) is 4.98 Å². The Balaban J connectivity index is 1.59. The van der Waals surface area contributed by atoms with Gasteiger partial charge in [-0.15, -0.1) is 0 Å². The van der Waals surface area contributed by atoms with Crippen LogP contribution in [0.3, 0.4) is 0 Å². The van der Waals surface area contributed by atoms with Crippen molar-refractivity contribution in [3.8, 4) is 5.75 Å². The molecule has 2 heterocycles. The second-order valence-electron chi connectivity index (χ2n) is 9.55. The Kier molecular flexibility index (Phi) is 7.33. The lowest BCUT2D eigenvalue weighted by molar-refractivity contribution is -0.133. The number of imidazole rings is 1. The summed E-state index contributed by atoms with van der Waals surface area (Å²) < 4.78 is 6.80. The first-order chi connectivity index (χ1) is 17.7. The number of aryl methyl sites for hydroxylation is 2. The molecule has 0 radical (unpaired) electrons. The standard InChI is InChI=1S/C28H33N5O4/c1-6-14-33-26(35)24-23(25(34)31-22-18(2)8-7-9-19(22)3)30-17-32(24)16-28(33,4)27(36)29-15-20-10-12-21(37-5)13-11-20/h7-13,17H,6,14-16H2,1-5H3,(H,29,36)(H,31,34). The van der Waals surface area contributed by atoms with E-state index in [1.807, 2.05) is 63.2 Å². The molecule has 9 heteroatoms. The molecule has 3 aromatic rings. The number of carbonyl (C=O) groups excluding carboxylic acids is 3. The van der Waals surface area contributed by atoms with E-state index in [1.54, 1.807) is 23.5 Å². The van der Waals surface area contributed by atoms with Crippen molar-refractivity contribution < 1.29 is 19.1 Å². The van der Waals surface area contributed by atoms with Gasteiger partial charge in [-0.05, 0) is 56.0 Å². The van der Waals surface area contributed by atoms with Gasteiger partial charge in [0.2, 0.25) is 5.91 Å². The van der Waals surface area contributed by atoms with Crippen molar-refractivity contribution in [2.45, 2.75) is 52.7 Å². The minimum absolute atomic E-state index is 0.0504. The van der Waals surface area contributed by atoms with Crippen LogP contribution in [-0.2, 0) is 17.9 Å². The fourth-order valence-electron chi connectivity index (χ4n) is 4.73. The summed E-state index contributed by atoms with van der Waals surface area (Å²) >= 11 is 0. The maximum absolute atomic E-state index is 13.7. The van der Waals surface area contributed by atoms with Crippen molar-refractivity contribution >= 4 is 23.4 Å². The van der Waals surface area contributed by atoms with E-state index in [-0.39, 0.29) is 29.7 Å². The molecule has 194 valence electrons. The van der Waals surface area contributed by atoms with Crippen LogP contribution in [-0.4, -0.2) is 51.4 Å². The maximum atomic E-state index is 13.7. The van der Waals surface area contributed by atoms with Crippen molar-refractivity contribution in [2.24, 2.45) is 0 Å². The third-order valence-electron chi connectivity index (χ3n) is 6.84. The van der Waals surface area contributed by atoms with Crippen molar-refractivity contribution in [3.63, 3.8) is 0 Å². The summed E-state index contributed by atoms with van der Waals surface area (Å²) in [6.45, 7) is 8.39. The number of carbonyl (C=O) groups is 3. The van der Waals surface area contributed by atoms with Crippen LogP contribution in [0.25, 0.3) is 0 Å². The Labute approximate surface area is 216 Å². The van der Waals surface area contributed by atoms with Crippen LogP contribution in [0.2, 0.25) is 0 Å². The lowest BCUT2D eigenvalue weighted by atomic mass is 9.93. The number of amides is 3. The van der Waals surface area contributed by atoms with Gasteiger partial charge in [0.15, 0.2) is 5.69 Å². The maximum Gasteiger partial charge on any atom is 0.276 e. The molecular formula is C28H33N5O4. The molecule has 1 aromatic heterocycles. The molecule has 4 rings (SSSR count). The number of ether oxygens (including phenoxy) is 1. The summed E-state index contributed by atoms with van der Waals surface area (Å²) in [7, 11) is 1.60. The van der Waals surface area contributed by atoms with Gasteiger partial charge < -0.3 is 24.8 Å². The van der Waals surface area contributed by atoms with Gasteiger partial charge in [0.25, 0.3) is 11.8 Å². The predicted molar refractivity (Wildman–Crippen MR) is 141 cm³/mol. The zero-order valence-electron chi connectivity index (χ0n) is 21.9. The Morgan fingerprint density at radius 3 is 2.41 bits per heavy atom. The van der Waals surface area contributed by atoms with Gasteiger partial charge in [-0.1, -0.05) is 37.3 Å². The number of nitrogens with zero attached hydrogens (tertiary/aromatic N) is 3. The van der Waals surface area contributed by atoms with Crippen LogP contribution in [0.4, 0.5) is 5.69 Å². The smallest absolute Gasteiger partial charge is 0.276 e. The fraction of sp³-hybridized carbons (Fsp3) is 0.357. The molecule has 0 fully saturated rings. The SMILES string of the molecule is CCCN1C(=O)c2c(C(=O)Nc3c(C)cccc3C)ncn2CC1(C)C(=O)NCc1ccc(OC)cc1. The van der Waals surface area contributed by atoms with Crippen LogP contribution in [0.5, 0.6) is 5.75 Å². The minimum Gasteiger partial charge on any atom is -0.497 e. The quantitative estimate of drug-likeness (QED) is 0.488. The third-order valence-corrected chi connectivity index (χ3v) is 6.84. The molecule has 1 atom stereocenters. The van der Waals surface area contributed by atoms with E-state index >= 15 is 0 Å². The lowest BCUT2D eigenvalue weighted by Gasteiger charge is -2.43. The van der Waals surface area contributed by atoms with E-state index in [9.17, 15) is 14.4 Å². The molecule has 0 bridgehead atoms. The van der Waals surface area contributed by atoms with Crippen molar-refractivity contribution in [2.75, 3.05) is 19.0 Å². The topological polar surface area (TPSA) is 106 Å². The number of benzene rings is 2. The normalized spacial score (nSPS) is 16.8. The van der Waals surface area contributed by atoms with Gasteiger partial charge in [0.05, 0.1) is 20.0 Å². The molecule has 0 spiro atoms. The van der Waals surface area contributed by atoms with Crippen LogP contribution < -0.4 is 15.4 Å². The summed E-state index contributed by atoms with van der Waals surface area (Å²) in [5, 5.41) is 5.89. The number of nitrogens with one attached hydrogen (secondary N) is 2. The molecule has 9 nitrogen and oxygen atoms in total. The molecule has 0 aliphatic carbocycles. The van der Waals surface area contributed by atoms with E-state index < -0.39 is 11.4 Å². The first-order valence-electron chi connectivity index (χ1n) is 12.4. The van der Waals surface area contributed by atoms with Gasteiger partial charge in [-0.2, -0.15) is 0 Å². The fourth-order valence-corrected chi connectivity index (χ4v) is 4.73. The number of aromatic nitrogens is 2. The number of rotatable bonds is 8. The molecule has 37 heavy (non-hydrogen) atoms. The largest absolute Gasteiger partial charge is 0.497 e. The number of hydrogen-bond acceptors (Lipinski definition) is 5. The van der Waals surface area contributed by atoms with Crippen molar-refractivity contribution in [1.29, 1.82) is 0 Å². The highest BCUT2D eigenvalue weighted by Crippen LogP contribution is 2.30. The van der Waals surface area contributed by atoms with E-state index in [1.165, 1.54) is 6.33 Å². The molecule has 3 amide bonds. The third kappa shape index (κ3) is 4.94. The van der Waals surface area contributed by atoms with Gasteiger partial charge >= 0.3 is 0 Å². The predicted octanol–water partition coefficient (Wildman–Crippen LogP) is 3.70. The first-order valence-corrected chi connectivity index (χ1v) is 12.4. The lowest BCUT2D eigenvalue weighted by Crippen LogP contribution is -2.64. The van der Waals surface area contributed by atoms with E-state index in [2.05, 4.69) is 15.6 Å². The number of para-hydroxylation sites is 1. The van der Waals surface area contributed by atoms with Crippen molar-refractivity contribution in [1.82, 2.24) is 19.8 Å². The molecule has 2 aromatic carbocycles. The molecule has 1 aliphatic rings. The van der Waals surface area contributed by atoms with E-state index in [4.69, 9.17) is 4.74 Å². The molecule has 1 aliphatic heterocycles. The van der Waals surface area contributed by atoms with Crippen LogP contribution in [0, 0.1) is 13.8 Å². The first kappa shape index (κ1) is 25.9. The highest BCUT2D eigenvalue weighted by atomic mass is 16.5.